The van der Waals surface area contributed by atoms with Gasteiger partial charge in [0.2, 0.25) is 0 Å². The Morgan fingerprint density at radius 2 is 1.88 bits per heavy atom. The fourth-order valence-corrected chi connectivity index (χ4v) is 3.27. The average Bonchev–Trinajstić information content (AvgIpc) is 3.11. The third-order valence-corrected chi connectivity index (χ3v) is 4.76. The summed E-state index contributed by atoms with van der Waals surface area (Å²) in [6, 6.07) is 17.6. The zero-order chi connectivity index (χ0) is 16.8. The molecule has 1 unspecified atom stereocenters. The fourth-order valence-electron chi connectivity index (χ4n) is 2.38. The smallest absolute Gasteiger partial charge is 0.123 e. The highest BCUT2D eigenvalue weighted by Crippen LogP contribution is 2.24. The van der Waals surface area contributed by atoms with Crippen LogP contribution in [0.5, 0.6) is 5.75 Å². The van der Waals surface area contributed by atoms with Gasteiger partial charge in [-0.2, -0.15) is 0 Å². The second kappa shape index (κ2) is 8.06. The molecule has 24 heavy (non-hydrogen) atoms. The molecule has 5 heteroatoms. The summed E-state index contributed by atoms with van der Waals surface area (Å²) in [4.78, 5) is 5.61. The van der Waals surface area contributed by atoms with E-state index in [1.807, 2.05) is 48.7 Å². The number of hydrogen-bond donors (Lipinski definition) is 2. The molecule has 3 rings (SSSR count). The van der Waals surface area contributed by atoms with Crippen molar-refractivity contribution < 1.29 is 9.84 Å². The third-order valence-electron chi connectivity index (χ3n) is 3.71. The number of rotatable bonds is 7. The summed E-state index contributed by atoms with van der Waals surface area (Å²) in [5.41, 5.74) is 2.00. The highest BCUT2D eigenvalue weighted by Gasteiger charge is 2.08. The summed E-state index contributed by atoms with van der Waals surface area (Å²) in [7, 11) is 1.63. The Morgan fingerprint density at radius 3 is 2.58 bits per heavy atom. The minimum Gasteiger partial charge on any atom is -0.497 e. The molecule has 0 bridgehead atoms. The van der Waals surface area contributed by atoms with Gasteiger partial charge in [0.15, 0.2) is 0 Å². The molecular formula is C19H20N2O2S. The molecule has 0 aliphatic carbocycles. The Morgan fingerprint density at radius 1 is 1.12 bits per heavy atom. The van der Waals surface area contributed by atoms with Crippen molar-refractivity contribution in [3.05, 3.63) is 71.2 Å². The Balaban J connectivity index is 1.52. The molecule has 0 aliphatic rings. The molecule has 1 aromatic heterocycles. The van der Waals surface area contributed by atoms with Crippen molar-refractivity contribution in [1.29, 1.82) is 0 Å². The van der Waals surface area contributed by atoms with E-state index in [0.29, 0.717) is 13.1 Å². The van der Waals surface area contributed by atoms with Crippen molar-refractivity contribution in [2.45, 2.75) is 12.6 Å². The van der Waals surface area contributed by atoms with E-state index < -0.39 is 6.10 Å². The molecule has 0 amide bonds. The predicted molar refractivity (Wildman–Crippen MR) is 97.2 cm³/mol. The van der Waals surface area contributed by atoms with Crippen LogP contribution >= 0.6 is 11.3 Å². The van der Waals surface area contributed by atoms with Crippen LogP contribution in [0.15, 0.2) is 60.8 Å². The van der Waals surface area contributed by atoms with Gasteiger partial charge >= 0.3 is 0 Å². The van der Waals surface area contributed by atoms with Crippen LogP contribution in [0.2, 0.25) is 0 Å². The van der Waals surface area contributed by atoms with E-state index in [4.69, 9.17) is 4.74 Å². The average molecular weight is 340 g/mol. The van der Waals surface area contributed by atoms with Crippen LogP contribution in [0, 0.1) is 0 Å². The van der Waals surface area contributed by atoms with Crippen LogP contribution in [0.3, 0.4) is 0 Å². The lowest BCUT2D eigenvalue weighted by Crippen LogP contribution is -2.20. The first-order valence-corrected chi connectivity index (χ1v) is 8.61. The van der Waals surface area contributed by atoms with E-state index in [9.17, 15) is 5.11 Å². The zero-order valence-electron chi connectivity index (χ0n) is 13.5. The summed E-state index contributed by atoms with van der Waals surface area (Å²) in [6.07, 6.45) is 1.34. The van der Waals surface area contributed by atoms with E-state index in [0.717, 1.165) is 26.8 Å². The van der Waals surface area contributed by atoms with Gasteiger partial charge in [-0.3, -0.25) is 0 Å². The standard InChI is InChI=1S/C19H20N2O2S/c1-23-16-9-7-14(8-10-16)18(22)13-20-11-17-12-21-19(24-17)15-5-3-2-4-6-15/h2-10,12,18,20,22H,11,13H2,1H3. The minimum absolute atomic E-state index is 0.491. The van der Waals surface area contributed by atoms with Crippen molar-refractivity contribution in [1.82, 2.24) is 10.3 Å². The number of aliphatic hydroxyl groups is 1. The summed E-state index contributed by atoms with van der Waals surface area (Å²) in [5, 5.41) is 14.5. The number of nitrogens with one attached hydrogen (secondary N) is 1. The maximum absolute atomic E-state index is 10.2. The Hall–Kier alpha value is -2.21. The molecular weight excluding hydrogens is 320 g/mol. The second-order valence-electron chi connectivity index (χ2n) is 5.42. The second-order valence-corrected chi connectivity index (χ2v) is 6.53. The first kappa shape index (κ1) is 16.6. The Labute approximate surface area is 145 Å². The fraction of sp³-hybridized carbons (Fsp3) is 0.211. The Bertz CT molecular complexity index is 757. The SMILES string of the molecule is COc1ccc(C(O)CNCc2cnc(-c3ccccc3)s2)cc1. The largest absolute Gasteiger partial charge is 0.497 e. The van der Waals surface area contributed by atoms with Gasteiger partial charge < -0.3 is 15.2 Å². The maximum atomic E-state index is 10.2. The van der Waals surface area contributed by atoms with Crippen molar-refractivity contribution in [2.75, 3.05) is 13.7 Å². The molecule has 0 saturated heterocycles. The normalized spacial score (nSPS) is 12.1. The number of methoxy groups -OCH3 is 1. The quantitative estimate of drug-likeness (QED) is 0.689. The zero-order valence-corrected chi connectivity index (χ0v) is 14.3. The van der Waals surface area contributed by atoms with Gasteiger partial charge in [0.1, 0.15) is 10.8 Å². The molecule has 0 radical (unpaired) electrons. The van der Waals surface area contributed by atoms with Gasteiger partial charge in [-0.15, -0.1) is 11.3 Å². The molecule has 124 valence electrons. The molecule has 0 fully saturated rings. The van der Waals surface area contributed by atoms with Crippen molar-refractivity contribution in [2.24, 2.45) is 0 Å². The number of aliphatic hydroxyl groups excluding tert-OH is 1. The molecule has 0 saturated carbocycles. The van der Waals surface area contributed by atoms with Crippen LogP contribution in [0.1, 0.15) is 16.5 Å². The number of thiazole rings is 1. The summed E-state index contributed by atoms with van der Waals surface area (Å²) < 4.78 is 5.12. The van der Waals surface area contributed by atoms with Gasteiger partial charge in [0, 0.05) is 29.7 Å². The number of benzene rings is 2. The number of nitrogens with zero attached hydrogens (tertiary/aromatic N) is 1. The van der Waals surface area contributed by atoms with Crippen molar-refractivity contribution >= 4 is 11.3 Å². The first-order chi connectivity index (χ1) is 11.8. The Kier molecular flexibility index (Phi) is 5.59. The van der Waals surface area contributed by atoms with Gasteiger partial charge in [-0.25, -0.2) is 4.98 Å². The molecule has 0 spiro atoms. The lowest BCUT2D eigenvalue weighted by molar-refractivity contribution is 0.174. The highest BCUT2D eigenvalue weighted by molar-refractivity contribution is 7.15. The number of hydrogen-bond acceptors (Lipinski definition) is 5. The van der Waals surface area contributed by atoms with Gasteiger partial charge in [-0.1, -0.05) is 42.5 Å². The maximum Gasteiger partial charge on any atom is 0.123 e. The van der Waals surface area contributed by atoms with E-state index in [-0.39, 0.29) is 0 Å². The first-order valence-electron chi connectivity index (χ1n) is 7.79. The van der Waals surface area contributed by atoms with Crippen LogP contribution < -0.4 is 10.1 Å². The van der Waals surface area contributed by atoms with E-state index in [2.05, 4.69) is 22.4 Å². The third kappa shape index (κ3) is 4.20. The van der Waals surface area contributed by atoms with Crippen LogP contribution in [-0.2, 0) is 6.54 Å². The van der Waals surface area contributed by atoms with Crippen LogP contribution in [0.25, 0.3) is 10.6 Å². The predicted octanol–water partition coefficient (Wildman–Crippen LogP) is 3.64. The molecule has 3 aromatic rings. The van der Waals surface area contributed by atoms with Crippen molar-refractivity contribution in [3.63, 3.8) is 0 Å². The van der Waals surface area contributed by atoms with Gasteiger partial charge in [0.25, 0.3) is 0 Å². The number of ether oxygens (including phenoxy) is 1. The summed E-state index contributed by atoms with van der Waals surface area (Å²) >= 11 is 1.67. The van der Waals surface area contributed by atoms with E-state index in [1.54, 1.807) is 18.4 Å². The molecule has 1 heterocycles. The van der Waals surface area contributed by atoms with Crippen molar-refractivity contribution in [3.8, 4) is 16.3 Å². The van der Waals surface area contributed by atoms with Gasteiger partial charge in [0.05, 0.1) is 13.2 Å². The minimum atomic E-state index is -0.544. The molecule has 2 aromatic carbocycles. The monoisotopic (exact) mass is 340 g/mol. The van der Waals surface area contributed by atoms with Gasteiger partial charge in [-0.05, 0) is 17.7 Å². The molecule has 4 nitrogen and oxygen atoms in total. The van der Waals surface area contributed by atoms with E-state index >= 15 is 0 Å². The van der Waals surface area contributed by atoms with Crippen LogP contribution in [-0.4, -0.2) is 23.7 Å². The molecule has 0 aliphatic heterocycles. The molecule has 2 N–H and O–H groups in total. The summed E-state index contributed by atoms with van der Waals surface area (Å²) in [6.45, 7) is 1.18. The highest BCUT2D eigenvalue weighted by atomic mass is 32.1. The lowest BCUT2D eigenvalue weighted by Gasteiger charge is -2.12. The van der Waals surface area contributed by atoms with Crippen LogP contribution in [0.4, 0.5) is 0 Å². The lowest BCUT2D eigenvalue weighted by atomic mass is 10.1. The topological polar surface area (TPSA) is 54.4 Å². The number of aromatic nitrogens is 1. The molecule has 1 atom stereocenters. The van der Waals surface area contributed by atoms with E-state index in [1.165, 1.54) is 0 Å². The summed E-state index contributed by atoms with van der Waals surface area (Å²) in [5.74, 6) is 0.789.